The Balaban J connectivity index is 1.45. The Morgan fingerprint density at radius 3 is 3.00 bits per heavy atom. The van der Waals surface area contributed by atoms with Crippen LogP contribution in [0.3, 0.4) is 0 Å². The number of amides is 2. The van der Waals surface area contributed by atoms with Crippen molar-refractivity contribution in [3.05, 3.63) is 52.8 Å². The molecular weight excluding hydrogens is 292 g/mol. The monoisotopic (exact) mass is 314 g/mol. The number of fused-ring (bicyclic) bond motifs is 1. The fourth-order valence-electron chi connectivity index (χ4n) is 2.86. The van der Waals surface area contributed by atoms with E-state index < -0.39 is 6.10 Å². The van der Waals surface area contributed by atoms with Crippen molar-refractivity contribution < 1.29 is 9.90 Å². The molecule has 23 heavy (non-hydrogen) atoms. The van der Waals surface area contributed by atoms with Crippen molar-refractivity contribution in [2.75, 3.05) is 6.54 Å². The van der Waals surface area contributed by atoms with E-state index in [1.807, 2.05) is 37.4 Å². The van der Waals surface area contributed by atoms with Crippen molar-refractivity contribution >= 4 is 6.03 Å². The van der Waals surface area contributed by atoms with Crippen molar-refractivity contribution in [3.63, 3.8) is 0 Å². The molecule has 1 aliphatic carbocycles. The maximum atomic E-state index is 12.0. The Kier molecular flexibility index (Phi) is 4.62. The van der Waals surface area contributed by atoms with Crippen molar-refractivity contribution in [1.29, 1.82) is 0 Å². The van der Waals surface area contributed by atoms with Gasteiger partial charge >= 0.3 is 6.03 Å². The predicted octanol–water partition coefficient (Wildman–Crippen LogP) is 1.61. The molecule has 4 N–H and O–H groups in total. The molecule has 1 heterocycles. The van der Waals surface area contributed by atoms with Gasteiger partial charge in [0.1, 0.15) is 0 Å². The van der Waals surface area contributed by atoms with Crippen LogP contribution >= 0.6 is 0 Å². The zero-order valence-corrected chi connectivity index (χ0v) is 13.2. The van der Waals surface area contributed by atoms with Gasteiger partial charge in [-0.3, -0.25) is 5.10 Å². The van der Waals surface area contributed by atoms with Crippen LogP contribution in [0, 0.1) is 6.92 Å². The molecule has 0 spiro atoms. The minimum atomic E-state index is -0.702. The van der Waals surface area contributed by atoms with Gasteiger partial charge in [0.2, 0.25) is 0 Å². The number of benzene rings is 1. The van der Waals surface area contributed by atoms with Gasteiger partial charge in [-0.2, -0.15) is 5.10 Å². The third kappa shape index (κ3) is 3.90. The number of hydrogen-bond donors (Lipinski definition) is 4. The van der Waals surface area contributed by atoms with Crippen molar-refractivity contribution in [1.82, 2.24) is 20.8 Å². The largest absolute Gasteiger partial charge is 0.387 e. The summed E-state index contributed by atoms with van der Waals surface area (Å²) in [6.07, 6.45) is 3.74. The summed E-state index contributed by atoms with van der Waals surface area (Å²) in [5, 5.41) is 22.8. The second-order valence-corrected chi connectivity index (χ2v) is 6.09. The Morgan fingerprint density at radius 1 is 1.43 bits per heavy atom. The number of aryl methyl sites for hydroxylation is 2. The number of rotatable bonds is 4. The fourth-order valence-corrected chi connectivity index (χ4v) is 2.86. The lowest BCUT2D eigenvalue weighted by Crippen LogP contribution is -2.45. The average Bonchev–Trinajstić information content (AvgIpc) is 3.01. The molecule has 0 saturated carbocycles. The number of nitrogens with zero attached hydrogens (tertiary/aromatic N) is 1. The maximum absolute atomic E-state index is 12.0. The van der Waals surface area contributed by atoms with Gasteiger partial charge < -0.3 is 15.7 Å². The lowest BCUT2D eigenvalue weighted by Gasteiger charge is -2.23. The van der Waals surface area contributed by atoms with Gasteiger partial charge in [-0.15, -0.1) is 0 Å². The number of aromatic amines is 1. The third-order valence-corrected chi connectivity index (χ3v) is 4.27. The molecule has 0 aliphatic heterocycles. The van der Waals surface area contributed by atoms with Crippen molar-refractivity contribution in [2.24, 2.45) is 0 Å². The number of urea groups is 1. The zero-order chi connectivity index (χ0) is 16.2. The van der Waals surface area contributed by atoms with Crippen LogP contribution in [-0.2, 0) is 12.8 Å². The summed E-state index contributed by atoms with van der Waals surface area (Å²) in [5.41, 5.74) is 4.28. The van der Waals surface area contributed by atoms with E-state index in [1.54, 1.807) is 0 Å². The maximum Gasteiger partial charge on any atom is 0.315 e. The predicted molar refractivity (Wildman–Crippen MR) is 87.1 cm³/mol. The molecule has 0 bridgehead atoms. The minimum Gasteiger partial charge on any atom is -0.387 e. The summed E-state index contributed by atoms with van der Waals surface area (Å²) >= 11 is 0. The molecule has 0 fully saturated rings. The van der Waals surface area contributed by atoms with Gasteiger partial charge in [-0.1, -0.05) is 29.8 Å². The standard InChI is InChI=1S/C17H22N4O2/c1-11-2-4-12(5-3-11)16(22)10-18-17(23)20-14-7-6-13-9-19-21-15(13)8-14/h2-5,9,14,16,22H,6-8,10H2,1H3,(H,19,21)(H2,18,20,23)/t14?,16-/m1/s1. The SMILES string of the molecule is Cc1ccc([C@H](O)CNC(=O)NC2CCc3cn[nH]c3C2)cc1. The van der Waals surface area contributed by atoms with Crippen LogP contribution in [0.1, 0.15) is 34.9 Å². The van der Waals surface area contributed by atoms with E-state index in [4.69, 9.17) is 0 Å². The topological polar surface area (TPSA) is 90.0 Å². The summed E-state index contributed by atoms with van der Waals surface area (Å²) in [4.78, 5) is 12.0. The van der Waals surface area contributed by atoms with E-state index in [-0.39, 0.29) is 18.6 Å². The van der Waals surface area contributed by atoms with E-state index in [0.717, 1.165) is 36.1 Å². The molecule has 6 heteroatoms. The number of hydrogen-bond acceptors (Lipinski definition) is 3. The summed E-state index contributed by atoms with van der Waals surface area (Å²) in [7, 11) is 0. The molecule has 3 rings (SSSR count). The van der Waals surface area contributed by atoms with Gasteiger partial charge in [0.05, 0.1) is 12.3 Å². The number of aliphatic hydroxyl groups is 1. The molecule has 2 atom stereocenters. The molecule has 1 aliphatic rings. The van der Waals surface area contributed by atoms with Crippen LogP contribution < -0.4 is 10.6 Å². The first-order valence-corrected chi connectivity index (χ1v) is 7.92. The number of aromatic nitrogens is 2. The van der Waals surface area contributed by atoms with E-state index in [9.17, 15) is 9.90 Å². The van der Waals surface area contributed by atoms with Crippen LogP contribution in [0.2, 0.25) is 0 Å². The fraction of sp³-hybridized carbons (Fsp3) is 0.412. The summed E-state index contributed by atoms with van der Waals surface area (Å²) in [6, 6.07) is 7.50. The highest BCUT2D eigenvalue weighted by molar-refractivity contribution is 5.74. The summed E-state index contributed by atoms with van der Waals surface area (Å²) in [5.74, 6) is 0. The van der Waals surface area contributed by atoms with Crippen LogP contribution in [0.25, 0.3) is 0 Å². The molecule has 1 aromatic heterocycles. The molecular formula is C17H22N4O2. The Bertz CT molecular complexity index is 665. The molecule has 0 saturated heterocycles. The van der Waals surface area contributed by atoms with Crippen molar-refractivity contribution in [2.45, 2.75) is 38.3 Å². The lowest BCUT2D eigenvalue weighted by atomic mass is 9.94. The molecule has 1 aromatic carbocycles. The van der Waals surface area contributed by atoms with Gasteiger partial charge in [-0.05, 0) is 30.9 Å². The lowest BCUT2D eigenvalue weighted by molar-refractivity contribution is 0.172. The first-order valence-electron chi connectivity index (χ1n) is 7.92. The average molecular weight is 314 g/mol. The Hall–Kier alpha value is -2.34. The molecule has 0 radical (unpaired) electrons. The Labute approximate surface area is 135 Å². The molecule has 2 amide bonds. The normalized spacial score (nSPS) is 18.1. The zero-order valence-electron chi connectivity index (χ0n) is 13.2. The van der Waals surface area contributed by atoms with Crippen molar-refractivity contribution in [3.8, 4) is 0 Å². The highest BCUT2D eigenvalue weighted by Crippen LogP contribution is 2.18. The highest BCUT2D eigenvalue weighted by Gasteiger charge is 2.21. The number of nitrogens with one attached hydrogen (secondary N) is 3. The molecule has 2 aromatic rings. The van der Waals surface area contributed by atoms with E-state index in [2.05, 4.69) is 20.8 Å². The van der Waals surface area contributed by atoms with Crippen LogP contribution in [0.15, 0.2) is 30.5 Å². The number of aliphatic hydroxyl groups excluding tert-OH is 1. The smallest absolute Gasteiger partial charge is 0.315 e. The van der Waals surface area contributed by atoms with E-state index in [1.165, 1.54) is 5.56 Å². The van der Waals surface area contributed by atoms with Gasteiger partial charge in [0.25, 0.3) is 0 Å². The number of H-pyrrole nitrogens is 1. The second-order valence-electron chi connectivity index (χ2n) is 6.09. The van der Waals surface area contributed by atoms with E-state index in [0.29, 0.717) is 0 Å². The molecule has 122 valence electrons. The van der Waals surface area contributed by atoms with E-state index >= 15 is 0 Å². The quantitative estimate of drug-likeness (QED) is 0.691. The molecule has 1 unspecified atom stereocenters. The van der Waals surface area contributed by atoms with Crippen LogP contribution in [0.5, 0.6) is 0 Å². The first kappa shape index (κ1) is 15.6. The van der Waals surface area contributed by atoms with Gasteiger partial charge in [0, 0.05) is 24.7 Å². The minimum absolute atomic E-state index is 0.0967. The first-order chi connectivity index (χ1) is 11.1. The third-order valence-electron chi connectivity index (χ3n) is 4.27. The summed E-state index contributed by atoms with van der Waals surface area (Å²) in [6.45, 7) is 2.19. The summed E-state index contributed by atoms with van der Waals surface area (Å²) < 4.78 is 0. The molecule has 6 nitrogen and oxygen atoms in total. The van der Waals surface area contributed by atoms with Crippen LogP contribution in [-0.4, -0.2) is 33.9 Å². The second kappa shape index (κ2) is 6.83. The number of carbonyl (C=O) groups excluding carboxylic acids is 1. The number of carbonyl (C=O) groups is 1. The van der Waals surface area contributed by atoms with Crippen LogP contribution in [0.4, 0.5) is 4.79 Å². The van der Waals surface area contributed by atoms with Gasteiger partial charge in [-0.25, -0.2) is 4.79 Å². The van der Waals surface area contributed by atoms with Gasteiger partial charge in [0.15, 0.2) is 0 Å². The highest BCUT2D eigenvalue weighted by atomic mass is 16.3. The Morgan fingerprint density at radius 2 is 2.22 bits per heavy atom.